The smallest absolute Gasteiger partial charge is 0.203 e. The summed E-state index contributed by atoms with van der Waals surface area (Å²) < 4.78 is 16.5. The van der Waals surface area contributed by atoms with E-state index >= 15 is 0 Å². The van der Waals surface area contributed by atoms with Crippen molar-refractivity contribution in [2.75, 3.05) is 21.3 Å². The van der Waals surface area contributed by atoms with E-state index in [2.05, 4.69) is 10.2 Å². The number of aryl methyl sites for hydroxylation is 1. The standard InChI is InChI=1S/C20H20N2O3/c1-13-12-16(14-8-6-5-7-9-14)18(22-21-13)15-10-11-17(23-2)20(25-4)19(15)24-3/h5-12H,1-4H3. The molecule has 5 nitrogen and oxygen atoms in total. The SMILES string of the molecule is COc1ccc(-c2nnc(C)cc2-c2ccccc2)c(OC)c1OC. The van der Waals surface area contributed by atoms with E-state index in [1.54, 1.807) is 21.3 Å². The summed E-state index contributed by atoms with van der Waals surface area (Å²) in [6.45, 7) is 1.93. The summed E-state index contributed by atoms with van der Waals surface area (Å²) in [7, 11) is 4.78. The predicted molar refractivity (Wildman–Crippen MR) is 97.3 cm³/mol. The van der Waals surface area contributed by atoms with Crippen molar-refractivity contribution in [3.8, 4) is 39.6 Å². The molecule has 5 heteroatoms. The zero-order valence-electron chi connectivity index (χ0n) is 14.7. The van der Waals surface area contributed by atoms with Gasteiger partial charge in [0.25, 0.3) is 0 Å². The zero-order chi connectivity index (χ0) is 17.8. The van der Waals surface area contributed by atoms with Crippen LogP contribution >= 0.6 is 0 Å². The number of benzene rings is 2. The van der Waals surface area contributed by atoms with E-state index in [1.807, 2.05) is 55.5 Å². The molecule has 0 aliphatic heterocycles. The van der Waals surface area contributed by atoms with Gasteiger partial charge in [-0.1, -0.05) is 30.3 Å². The molecule has 128 valence electrons. The third-order valence-corrected chi connectivity index (χ3v) is 3.96. The van der Waals surface area contributed by atoms with Gasteiger partial charge in [0.1, 0.15) is 5.69 Å². The molecule has 0 N–H and O–H groups in total. The lowest BCUT2D eigenvalue weighted by molar-refractivity contribution is 0.325. The number of methoxy groups -OCH3 is 3. The summed E-state index contributed by atoms with van der Waals surface area (Å²) in [4.78, 5) is 0. The van der Waals surface area contributed by atoms with Crippen molar-refractivity contribution in [2.24, 2.45) is 0 Å². The second-order valence-corrected chi connectivity index (χ2v) is 5.50. The van der Waals surface area contributed by atoms with Crippen molar-refractivity contribution in [3.63, 3.8) is 0 Å². The fourth-order valence-electron chi connectivity index (χ4n) is 2.81. The summed E-state index contributed by atoms with van der Waals surface area (Å²) in [5, 5.41) is 8.68. The molecule has 0 radical (unpaired) electrons. The van der Waals surface area contributed by atoms with Gasteiger partial charge in [-0.2, -0.15) is 5.10 Å². The first-order valence-electron chi connectivity index (χ1n) is 7.88. The maximum Gasteiger partial charge on any atom is 0.203 e. The molecule has 3 aromatic rings. The number of hydrogen-bond acceptors (Lipinski definition) is 5. The Morgan fingerprint density at radius 3 is 2.08 bits per heavy atom. The van der Waals surface area contributed by atoms with Crippen LogP contribution in [0.25, 0.3) is 22.4 Å². The van der Waals surface area contributed by atoms with Crippen molar-refractivity contribution in [1.29, 1.82) is 0 Å². The summed E-state index contributed by atoms with van der Waals surface area (Å²) in [6, 6.07) is 15.9. The van der Waals surface area contributed by atoms with E-state index in [4.69, 9.17) is 14.2 Å². The van der Waals surface area contributed by atoms with E-state index in [1.165, 1.54) is 0 Å². The van der Waals surface area contributed by atoms with Gasteiger partial charge in [0.2, 0.25) is 5.75 Å². The number of ether oxygens (including phenoxy) is 3. The molecule has 0 spiro atoms. The maximum absolute atomic E-state index is 5.61. The molecule has 1 heterocycles. The lowest BCUT2D eigenvalue weighted by Crippen LogP contribution is -2.00. The summed E-state index contributed by atoms with van der Waals surface area (Å²) in [5.74, 6) is 1.70. The Morgan fingerprint density at radius 1 is 0.720 bits per heavy atom. The third kappa shape index (κ3) is 3.13. The molecule has 0 saturated carbocycles. The molecule has 0 fully saturated rings. The first kappa shape index (κ1) is 16.8. The van der Waals surface area contributed by atoms with Crippen LogP contribution in [0.3, 0.4) is 0 Å². The van der Waals surface area contributed by atoms with Crippen LogP contribution in [0.5, 0.6) is 17.2 Å². The largest absolute Gasteiger partial charge is 0.493 e. The van der Waals surface area contributed by atoms with Crippen LogP contribution in [0.2, 0.25) is 0 Å². The van der Waals surface area contributed by atoms with Gasteiger partial charge < -0.3 is 14.2 Å². The molecular formula is C20H20N2O3. The van der Waals surface area contributed by atoms with Crippen LogP contribution < -0.4 is 14.2 Å². The molecule has 3 rings (SSSR count). The fourth-order valence-corrected chi connectivity index (χ4v) is 2.81. The molecule has 0 aliphatic rings. The third-order valence-electron chi connectivity index (χ3n) is 3.96. The Labute approximate surface area is 147 Å². The number of nitrogens with zero attached hydrogens (tertiary/aromatic N) is 2. The summed E-state index contributed by atoms with van der Waals surface area (Å²) in [5.41, 5.74) is 4.43. The van der Waals surface area contributed by atoms with Gasteiger partial charge in [-0.3, -0.25) is 0 Å². The van der Waals surface area contributed by atoms with Gasteiger partial charge in [0.05, 0.1) is 27.0 Å². The van der Waals surface area contributed by atoms with Crippen molar-refractivity contribution < 1.29 is 14.2 Å². The Balaban J connectivity index is 2.28. The normalized spacial score (nSPS) is 10.4. The van der Waals surface area contributed by atoms with Gasteiger partial charge in [-0.05, 0) is 30.7 Å². The minimum Gasteiger partial charge on any atom is -0.493 e. The highest BCUT2D eigenvalue weighted by molar-refractivity contribution is 5.85. The van der Waals surface area contributed by atoms with Gasteiger partial charge in [-0.15, -0.1) is 5.10 Å². The van der Waals surface area contributed by atoms with E-state index in [9.17, 15) is 0 Å². The zero-order valence-corrected chi connectivity index (χ0v) is 14.7. The second-order valence-electron chi connectivity index (χ2n) is 5.50. The molecule has 25 heavy (non-hydrogen) atoms. The van der Waals surface area contributed by atoms with Gasteiger partial charge in [0.15, 0.2) is 11.5 Å². The number of hydrogen-bond donors (Lipinski definition) is 0. The topological polar surface area (TPSA) is 53.5 Å². The molecule has 0 atom stereocenters. The highest BCUT2D eigenvalue weighted by atomic mass is 16.5. The van der Waals surface area contributed by atoms with Crippen LogP contribution in [0.1, 0.15) is 5.69 Å². The molecule has 0 saturated heterocycles. The molecule has 0 bridgehead atoms. The summed E-state index contributed by atoms with van der Waals surface area (Å²) >= 11 is 0. The number of rotatable bonds is 5. The highest BCUT2D eigenvalue weighted by Crippen LogP contribution is 2.45. The van der Waals surface area contributed by atoms with Crippen LogP contribution in [-0.4, -0.2) is 31.5 Å². The lowest BCUT2D eigenvalue weighted by atomic mass is 9.98. The summed E-state index contributed by atoms with van der Waals surface area (Å²) in [6.07, 6.45) is 0. The maximum atomic E-state index is 5.61. The average molecular weight is 336 g/mol. The Kier molecular flexibility index (Phi) is 4.84. The first-order chi connectivity index (χ1) is 12.2. The Bertz CT molecular complexity index is 880. The van der Waals surface area contributed by atoms with Gasteiger partial charge in [0, 0.05) is 11.1 Å². The van der Waals surface area contributed by atoms with Crippen LogP contribution in [-0.2, 0) is 0 Å². The minimum atomic E-state index is 0.531. The van der Waals surface area contributed by atoms with E-state index in [-0.39, 0.29) is 0 Å². The first-order valence-corrected chi connectivity index (χ1v) is 7.88. The van der Waals surface area contributed by atoms with Crippen molar-refractivity contribution in [2.45, 2.75) is 6.92 Å². The van der Waals surface area contributed by atoms with Crippen LogP contribution in [0, 0.1) is 6.92 Å². The van der Waals surface area contributed by atoms with E-state index < -0.39 is 0 Å². The lowest BCUT2D eigenvalue weighted by Gasteiger charge is -2.17. The molecule has 1 aromatic heterocycles. The Hall–Kier alpha value is -3.08. The highest BCUT2D eigenvalue weighted by Gasteiger charge is 2.21. The van der Waals surface area contributed by atoms with Crippen molar-refractivity contribution in [3.05, 3.63) is 54.2 Å². The van der Waals surface area contributed by atoms with E-state index in [0.717, 1.165) is 28.1 Å². The molecule has 0 aliphatic carbocycles. The number of aromatic nitrogens is 2. The quantitative estimate of drug-likeness (QED) is 0.701. The molecular weight excluding hydrogens is 316 g/mol. The van der Waals surface area contributed by atoms with Gasteiger partial charge >= 0.3 is 0 Å². The predicted octanol–water partition coefficient (Wildman–Crippen LogP) is 4.14. The van der Waals surface area contributed by atoms with Crippen molar-refractivity contribution >= 4 is 0 Å². The molecule has 0 unspecified atom stereocenters. The van der Waals surface area contributed by atoms with Crippen LogP contribution in [0.15, 0.2) is 48.5 Å². The van der Waals surface area contributed by atoms with E-state index in [0.29, 0.717) is 17.2 Å². The van der Waals surface area contributed by atoms with Crippen molar-refractivity contribution in [1.82, 2.24) is 10.2 Å². The monoisotopic (exact) mass is 336 g/mol. The van der Waals surface area contributed by atoms with Crippen LogP contribution in [0.4, 0.5) is 0 Å². The fraction of sp³-hybridized carbons (Fsp3) is 0.200. The van der Waals surface area contributed by atoms with Gasteiger partial charge in [-0.25, -0.2) is 0 Å². The minimum absolute atomic E-state index is 0.531. The molecule has 0 amide bonds. The average Bonchev–Trinajstić information content (AvgIpc) is 2.67. The second kappa shape index (κ2) is 7.21. The Morgan fingerprint density at radius 2 is 1.44 bits per heavy atom. The molecule has 2 aromatic carbocycles.